The first-order chi connectivity index (χ1) is 8.77. The van der Waals surface area contributed by atoms with Crippen LogP contribution >= 0.6 is 0 Å². The summed E-state index contributed by atoms with van der Waals surface area (Å²) in [5.41, 5.74) is 0.654. The van der Waals surface area contributed by atoms with Crippen molar-refractivity contribution in [2.45, 2.75) is 12.8 Å². The minimum atomic E-state index is -0.00426. The van der Waals surface area contributed by atoms with Gasteiger partial charge in [0.15, 0.2) is 5.78 Å². The van der Waals surface area contributed by atoms with E-state index in [1.165, 1.54) is 0 Å². The zero-order chi connectivity index (χ0) is 13.0. The average Bonchev–Trinajstić information content (AvgIpc) is 2.43. The minimum Gasteiger partial charge on any atom is -0.496 e. The van der Waals surface area contributed by atoms with Crippen LogP contribution < -0.4 is 4.74 Å². The van der Waals surface area contributed by atoms with Gasteiger partial charge in [0, 0.05) is 23.8 Å². The maximum absolute atomic E-state index is 12.0. The number of benzene rings is 2. The van der Waals surface area contributed by atoms with Gasteiger partial charge in [-0.05, 0) is 17.5 Å². The highest BCUT2D eigenvalue weighted by Crippen LogP contribution is 2.29. The van der Waals surface area contributed by atoms with Crippen LogP contribution in [-0.4, -0.2) is 12.9 Å². The molecule has 0 bridgehead atoms. The van der Waals surface area contributed by atoms with Crippen molar-refractivity contribution in [2.75, 3.05) is 7.11 Å². The van der Waals surface area contributed by atoms with E-state index >= 15 is 0 Å². The van der Waals surface area contributed by atoms with Gasteiger partial charge in [-0.1, -0.05) is 24.3 Å². The van der Waals surface area contributed by atoms with Crippen molar-refractivity contribution in [1.29, 1.82) is 5.26 Å². The van der Waals surface area contributed by atoms with E-state index in [4.69, 9.17) is 10.00 Å². The highest BCUT2D eigenvalue weighted by molar-refractivity contribution is 6.09. The molecule has 0 aliphatic carbocycles. The number of rotatable bonds is 4. The first kappa shape index (κ1) is 12.1. The van der Waals surface area contributed by atoms with Gasteiger partial charge >= 0.3 is 0 Å². The summed E-state index contributed by atoms with van der Waals surface area (Å²) in [6.45, 7) is 0. The molecular formula is C15H13NO2. The SMILES string of the molecule is COc1ccc(C(=O)CCC#N)c2ccccc12. The van der Waals surface area contributed by atoms with Crippen LogP contribution in [0.15, 0.2) is 36.4 Å². The fourth-order valence-corrected chi connectivity index (χ4v) is 2.00. The Labute approximate surface area is 106 Å². The van der Waals surface area contributed by atoms with Crippen LogP contribution in [0.4, 0.5) is 0 Å². The minimum absolute atomic E-state index is 0.00426. The average molecular weight is 239 g/mol. The first-order valence-electron chi connectivity index (χ1n) is 5.74. The molecule has 0 saturated carbocycles. The fourth-order valence-electron chi connectivity index (χ4n) is 2.00. The molecule has 0 fully saturated rings. The summed E-state index contributed by atoms with van der Waals surface area (Å²) in [4.78, 5) is 12.0. The number of carbonyl (C=O) groups is 1. The zero-order valence-electron chi connectivity index (χ0n) is 10.1. The Hall–Kier alpha value is -2.34. The molecule has 0 aromatic heterocycles. The first-order valence-corrected chi connectivity index (χ1v) is 5.74. The van der Waals surface area contributed by atoms with Crippen LogP contribution in [0.2, 0.25) is 0 Å². The van der Waals surface area contributed by atoms with Crippen molar-refractivity contribution >= 4 is 16.6 Å². The Morgan fingerprint density at radius 1 is 1.22 bits per heavy atom. The Kier molecular flexibility index (Phi) is 3.59. The molecule has 0 aliphatic heterocycles. The highest BCUT2D eigenvalue weighted by Gasteiger charge is 2.12. The van der Waals surface area contributed by atoms with Crippen molar-refractivity contribution < 1.29 is 9.53 Å². The number of carbonyl (C=O) groups excluding carboxylic acids is 1. The van der Waals surface area contributed by atoms with Crippen molar-refractivity contribution in [3.05, 3.63) is 42.0 Å². The van der Waals surface area contributed by atoms with E-state index in [-0.39, 0.29) is 18.6 Å². The summed E-state index contributed by atoms with van der Waals surface area (Å²) in [7, 11) is 1.61. The molecular weight excluding hydrogens is 226 g/mol. The molecule has 18 heavy (non-hydrogen) atoms. The number of nitrogens with zero attached hydrogens (tertiary/aromatic N) is 1. The van der Waals surface area contributed by atoms with Gasteiger partial charge in [-0.15, -0.1) is 0 Å². The van der Waals surface area contributed by atoms with Crippen LogP contribution in [0.3, 0.4) is 0 Å². The molecule has 0 aliphatic rings. The number of ketones is 1. The molecule has 2 aromatic rings. The topological polar surface area (TPSA) is 50.1 Å². The lowest BCUT2D eigenvalue weighted by Gasteiger charge is -2.09. The molecule has 3 nitrogen and oxygen atoms in total. The Morgan fingerprint density at radius 3 is 2.61 bits per heavy atom. The lowest BCUT2D eigenvalue weighted by Crippen LogP contribution is -2.00. The third-order valence-electron chi connectivity index (χ3n) is 2.87. The molecule has 0 spiro atoms. The second kappa shape index (κ2) is 5.33. The molecule has 90 valence electrons. The number of hydrogen-bond donors (Lipinski definition) is 0. The summed E-state index contributed by atoms with van der Waals surface area (Å²) in [6.07, 6.45) is 0.506. The summed E-state index contributed by atoms with van der Waals surface area (Å²) in [5, 5.41) is 10.3. The van der Waals surface area contributed by atoms with Gasteiger partial charge in [0.25, 0.3) is 0 Å². The quantitative estimate of drug-likeness (QED) is 0.769. The van der Waals surface area contributed by atoms with Gasteiger partial charge in [0.1, 0.15) is 5.75 Å². The van der Waals surface area contributed by atoms with Gasteiger partial charge in [0.2, 0.25) is 0 Å². The predicted octanol–water partition coefficient (Wildman–Crippen LogP) is 3.33. The molecule has 0 unspecified atom stereocenters. The van der Waals surface area contributed by atoms with Crippen LogP contribution in [0, 0.1) is 11.3 Å². The Balaban J connectivity index is 2.53. The van der Waals surface area contributed by atoms with Crippen molar-refractivity contribution in [2.24, 2.45) is 0 Å². The third kappa shape index (κ3) is 2.18. The van der Waals surface area contributed by atoms with Crippen molar-refractivity contribution in [3.8, 4) is 11.8 Å². The number of ether oxygens (including phenoxy) is 1. The van der Waals surface area contributed by atoms with Crippen LogP contribution in [-0.2, 0) is 0 Å². The van der Waals surface area contributed by atoms with E-state index in [1.54, 1.807) is 19.2 Å². The number of nitriles is 1. The molecule has 0 heterocycles. The van der Waals surface area contributed by atoms with Gasteiger partial charge in [-0.25, -0.2) is 0 Å². The third-order valence-corrected chi connectivity index (χ3v) is 2.87. The van der Waals surface area contributed by atoms with Crippen molar-refractivity contribution in [3.63, 3.8) is 0 Å². The maximum atomic E-state index is 12.0. The van der Waals surface area contributed by atoms with E-state index in [2.05, 4.69) is 0 Å². The van der Waals surface area contributed by atoms with Crippen LogP contribution in [0.5, 0.6) is 5.75 Å². The monoisotopic (exact) mass is 239 g/mol. The molecule has 0 saturated heterocycles. The van der Waals surface area contributed by atoms with Crippen molar-refractivity contribution in [1.82, 2.24) is 0 Å². The summed E-state index contributed by atoms with van der Waals surface area (Å²) in [6, 6.07) is 13.2. The summed E-state index contributed by atoms with van der Waals surface area (Å²) < 4.78 is 5.28. The maximum Gasteiger partial charge on any atom is 0.164 e. The van der Waals surface area contributed by atoms with Gasteiger partial charge in [-0.3, -0.25) is 4.79 Å². The molecule has 0 atom stereocenters. The molecule has 0 amide bonds. The molecule has 0 radical (unpaired) electrons. The fraction of sp³-hybridized carbons (Fsp3) is 0.200. The van der Waals surface area contributed by atoms with E-state index < -0.39 is 0 Å². The van der Waals surface area contributed by atoms with E-state index in [0.29, 0.717) is 5.56 Å². The summed E-state index contributed by atoms with van der Waals surface area (Å²) >= 11 is 0. The largest absolute Gasteiger partial charge is 0.496 e. The lowest BCUT2D eigenvalue weighted by atomic mass is 9.98. The number of fused-ring (bicyclic) bond motifs is 1. The van der Waals surface area contributed by atoms with Gasteiger partial charge in [-0.2, -0.15) is 5.26 Å². The second-order valence-electron chi connectivity index (χ2n) is 3.94. The van der Waals surface area contributed by atoms with Crippen LogP contribution in [0.25, 0.3) is 10.8 Å². The number of Topliss-reactive ketones (excluding diaryl/α,β-unsaturated/α-hetero) is 1. The van der Waals surface area contributed by atoms with E-state index in [1.807, 2.05) is 30.3 Å². The lowest BCUT2D eigenvalue weighted by molar-refractivity contribution is 0.0985. The number of methoxy groups -OCH3 is 1. The van der Waals surface area contributed by atoms with E-state index in [0.717, 1.165) is 16.5 Å². The number of hydrogen-bond acceptors (Lipinski definition) is 3. The normalized spacial score (nSPS) is 10.0. The Bertz CT molecular complexity index is 626. The molecule has 2 rings (SSSR count). The predicted molar refractivity (Wildman–Crippen MR) is 69.7 cm³/mol. The van der Waals surface area contributed by atoms with E-state index in [9.17, 15) is 4.79 Å². The van der Waals surface area contributed by atoms with Gasteiger partial charge in [0.05, 0.1) is 13.2 Å². The van der Waals surface area contributed by atoms with Gasteiger partial charge < -0.3 is 4.74 Å². The standard InChI is InChI=1S/C15H13NO2/c1-18-15-9-8-12(14(17)7-4-10-16)11-5-2-3-6-13(11)15/h2-3,5-6,8-9H,4,7H2,1H3. The van der Waals surface area contributed by atoms with Crippen LogP contribution in [0.1, 0.15) is 23.2 Å². The zero-order valence-corrected chi connectivity index (χ0v) is 10.1. The summed E-state index contributed by atoms with van der Waals surface area (Å²) in [5.74, 6) is 0.748. The molecule has 2 aromatic carbocycles. The molecule has 3 heteroatoms. The smallest absolute Gasteiger partial charge is 0.164 e. The second-order valence-corrected chi connectivity index (χ2v) is 3.94. The highest BCUT2D eigenvalue weighted by atomic mass is 16.5. The Morgan fingerprint density at radius 2 is 1.94 bits per heavy atom. The molecule has 0 N–H and O–H groups in total.